The molecule has 0 saturated heterocycles. The summed E-state index contributed by atoms with van der Waals surface area (Å²) < 4.78 is 0. The van der Waals surface area contributed by atoms with E-state index < -0.39 is 5.97 Å². The summed E-state index contributed by atoms with van der Waals surface area (Å²) in [4.78, 5) is 10.2. The lowest BCUT2D eigenvalue weighted by Crippen LogP contribution is -1.85. The maximum absolute atomic E-state index is 10.2. The van der Waals surface area contributed by atoms with Crippen molar-refractivity contribution < 1.29 is 9.90 Å². The normalized spacial score (nSPS) is 10.6. The largest absolute Gasteiger partial charge is 0.478 e. The fourth-order valence-electron chi connectivity index (χ4n) is 0.784. The van der Waals surface area contributed by atoms with Crippen LogP contribution in [-0.2, 0) is 4.79 Å². The van der Waals surface area contributed by atoms with Gasteiger partial charge in [-0.25, -0.2) is 4.79 Å². The lowest BCUT2D eigenvalue weighted by molar-refractivity contribution is -0.131. The Bertz CT molecular complexity index is 359. The molecule has 0 unspecified atom stereocenters. The Morgan fingerprint density at radius 1 is 1.31 bits per heavy atom. The molecule has 0 bridgehead atoms. The zero-order chi connectivity index (χ0) is 9.84. The minimum absolute atomic E-state index is 0.411. The van der Waals surface area contributed by atoms with Gasteiger partial charge in [0.1, 0.15) is 0 Å². The molecule has 0 heterocycles. The molecule has 0 spiro atoms. The van der Waals surface area contributed by atoms with E-state index in [0.29, 0.717) is 15.6 Å². The fourth-order valence-corrected chi connectivity index (χ4v) is 1.09. The Balaban J connectivity index is 2.92. The van der Waals surface area contributed by atoms with Gasteiger partial charge in [0.05, 0.1) is 10.0 Å². The minimum atomic E-state index is -0.994. The molecule has 68 valence electrons. The SMILES string of the molecule is O=C(O)/C=C\c1ccc(Cl)c(Cl)c1. The molecule has 0 fully saturated rings. The lowest BCUT2D eigenvalue weighted by atomic mass is 10.2. The molecule has 13 heavy (non-hydrogen) atoms. The maximum Gasteiger partial charge on any atom is 0.328 e. The van der Waals surface area contributed by atoms with E-state index in [2.05, 4.69) is 0 Å². The van der Waals surface area contributed by atoms with E-state index in [4.69, 9.17) is 28.3 Å². The van der Waals surface area contributed by atoms with Crippen LogP contribution in [0.5, 0.6) is 0 Å². The first-order chi connectivity index (χ1) is 6.09. The van der Waals surface area contributed by atoms with Crippen molar-refractivity contribution in [3.8, 4) is 0 Å². The number of carboxylic acids is 1. The Morgan fingerprint density at radius 2 is 2.00 bits per heavy atom. The quantitative estimate of drug-likeness (QED) is 0.772. The van der Waals surface area contributed by atoms with Gasteiger partial charge in [0.15, 0.2) is 0 Å². The van der Waals surface area contributed by atoms with Gasteiger partial charge in [-0.2, -0.15) is 0 Å². The van der Waals surface area contributed by atoms with Crippen molar-refractivity contribution in [2.45, 2.75) is 0 Å². The van der Waals surface area contributed by atoms with Crippen LogP contribution in [0.3, 0.4) is 0 Å². The Kier molecular flexibility index (Phi) is 3.34. The average molecular weight is 217 g/mol. The van der Waals surface area contributed by atoms with Crippen LogP contribution < -0.4 is 0 Å². The predicted octanol–water partition coefficient (Wildman–Crippen LogP) is 3.09. The van der Waals surface area contributed by atoms with Gasteiger partial charge in [-0.1, -0.05) is 29.3 Å². The molecule has 1 aromatic rings. The number of rotatable bonds is 2. The van der Waals surface area contributed by atoms with Crippen LogP contribution in [-0.4, -0.2) is 11.1 Å². The summed E-state index contributed by atoms with van der Waals surface area (Å²) in [6, 6.07) is 4.91. The first-order valence-corrected chi connectivity index (χ1v) is 4.21. The summed E-state index contributed by atoms with van der Waals surface area (Å²) in [7, 11) is 0. The molecule has 0 atom stereocenters. The van der Waals surface area contributed by atoms with Crippen LogP contribution in [0.2, 0.25) is 10.0 Å². The Labute approximate surface area is 85.4 Å². The molecule has 0 aliphatic rings. The highest BCUT2D eigenvalue weighted by Crippen LogP contribution is 2.22. The lowest BCUT2D eigenvalue weighted by Gasteiger charge is -1.96. The molecule has 0 amide bonds. The van der Waals surface area contributed by atoms with E-state index in [1.807, 2.05) is 0 Å². The standard InChI is InChI=1S/C9H6Cl2O2/c10-7-3-1-6(5-8(7)11)2-4-9(12)13/h1-5H,(H,12,13)/b4-2-. The van der Waals surface area contributed by atoms with Gasteiger partial charge in [-0.3, -0.25) is 0 Å². The van der Waals surface area contributed by atoms with Gasteiger partial charge in [-0.15, -0.1) is 0 Å². The summed E-state index contributed by atoms with van der Waals surface area (Å²) in [5.74, 6) is -0.994. The average Bonchev–Trinajstić information content (AvgIpc) is 2.07. The van der Waals surface area contributed by atoms with Gasteiger partial charge in [0.2, 0.25) is 0 Å². The van der Waals surface area contributed by atoms with Crippen LogP contribution in [0.1, 0.15) is 5.56 Å². The highest BCUT2D eigenvalue weighted by molar-refractivity contribution is 6.42. The second kappa shape index (κ2) is 4.30. The summed E-state index contributed by atoms with van der Waals surface area (Å²) in [5.41, 5.74) is 0.705. The van der Waals surface area contributed by atoms with E-state index in [1.54, 1.807) is 18.2 Å². The summed E-state index contributed by atoms with van der Waals surface area (Å²) in [6.07, 6.45) is 2.49. The number of carbonyl (C=O) groups is 1. The molecule has 1 rings (SSSR count). The first-order valence-electron chi connectivity index (χ1n) is 3.45. The molecular weight excluding hydrogens is 211 g/mol. The molecule has 0 radical (unpaired) electrons. The van der Waals surface area contributed by atoms with Gasteiger partial charge >= 0.3 is 5.97 Å². The third kappa shape index (κ3) is 3.09. The van der Waals surface area contributed by atoms with E-state index in [9.17, 15) is 4.79 Å². The van der Waals surface area contributed by atoms with Crippen LogP contribution in [0.25, 0.3) is 6.08 Å². The molecule has 0 aromatic heterocycles. The molecule has 4 heteroatoms. The third-order valence-corrected chi connectivity index (χ3v) is 2.10. The van der Waals surface area contributed by atoms with Crippen LogP contribution >= 0.6 is 23.2 Å². The number of benzene rings is 1. The third-order valence-electron chi connectivity index (χ3n) is 1.36. The van der Waals surface area contributed by atoms with E-state index >= 15 is 0 Å². The molecule has 0 saturated carbocycles. The van der Waals surface area contributed by atoms with E-state index in [-0.39, 0.29) is 0 Å². The second-order valence-corrected chi connectivity index (χ2v) is 3.16. The molecular formula is C9H6Cl2O2. The molecule has 1 aromatic carbocycles. The van der Waals surface area contributed by atoms with Crippen molar-refractivity contribution in [1.29, 1.82) is 0 Å². The summed E-state index contributed by atoms with van der Waals surface area (Å²) in [6.45, 7) is 0. The molecule has 2 nitrogen and oxygen atoms in total. The Hall–Kier alpha value is -0.990. The number of halogens is 2. The van der Waals surface area contributed by atoms with Crippen molar-refractivity contribution in [1.82, 2.24) is 0 Å². The summed E-state index contributed by atoms with van der Waals surface area (Å²) in [5, 5.41) is 9.22. The van der Waals surface area contributed by atoms with Crippen LogP contribution in [0, 0.1) is 0 Å². The monoisotopic (exact) mass is 216 g/mol. The number of carboxylic acid groups (broad SMARTS) is 1. The zero-order valence-electron chi connectivity index (χ0n) is 6.50. The van der Waals surface area contributed by atoms with Gasteiger partial charge in [-0.05, 0) is 23.8 Å². The van der Waals surface area contributed by atoms with Crippen LogP contribution in [0.15, 0.2) is 24.3 Å². The highest BCUT2D eigenvalue weighted by atomic mass is 35.5. The predicted molar refractivity (Wildman–Crippen MR) is 53.1 cm³/mol. The van der Waals surface area contributed by atoms with E-state index in [1.165, 1.54) is 6.08 Å². The smallest absolute Gasteiger partial charge is 0.328 e. The second-order valence-electron chi connectivity index (χ2n) is 2.35. The van der Waals surface area contributed by atoms with Gasteiger partial charge < -0.3 is 5.11 Å². The minimum Gasteiger partial charge on any atom is -0.478 e. The van der Waals surface area contributed by atoms with Crippen LogP contribution in [0.4, 0.5) is 0 Å². The topological polar surface area (TPSA) is 37.3 Å². The first kappa shape index (κ1) is 10.1. The number of aliphatic carboxylic acids is 1. The van der Waals surface area contributed by atoms with Crippen molar-refractivity contribution in [3.63, 3.8) is 0 Å². The van der Waals surface area contributed by atoms with Crippen molar-refractivity contribution in [3.05, 3.63) is 39.9 Å². The molecule has 0 aliphatic carbocycles. The molecule has 0 aliphatic heterocycles. The highest BCUT2D eigenvalue weighted by Gasteiger charge is 1.96. The number of hydrogen-bond donors (Lipinski definition) is 1. The van der Waals surface area contributed by atoms with Crippen molar-refractivity contribution >= 4 is 35.2 Å². The molecule has 1 N–H and O–H groups in total. The van der Waals surface area contributed by atoms with E-state index in [0.717, 1.165) is 6.08 Å². The fraction of sp³-hybridized carbons (Fsp3) is 0. The van der Waals surface area contributed by atoms with Gasteiger partial charge in [0, 0.05) is 6.08 Å². The van der Waals surface area contributed by atoms with Crippen molar-refractivity contribution in [2.75, 3.05) is 0 Å². The maximum atomic E-state index is 10.2. The summed E-state index contributed by atoms with van der Waals surface area (Å²) >= 11 is 11.4. The number of hydrogen-bond acceptors (Lipinski definition) is 1. The van der Waals surface area contributed by atoms with Gasteiger partial charge in [0.25, 0.3) is 0 Å². The zero-order valence-corrected chi connectivity index (χ0v) is 8.01. The van der Waals surface area contributed by atoms with Crippen molar-refractivity contribution in [2.24, 2.45) is 0 Å². The Morgan fingerprint density at radius 3 is 2.54 bits per heavy atom.